The molecule has 0 aliphatic heterocycles. The number of rotatable bonds is 33. The van der Waals surface area contributed by atoms with E-state index >= 15 is 0 Å². The van der Waals surface area contributed by atoms with Gasteiger partial charge in [0.1, 0.15) is 6.61 Å². The lowest BCUT2D eigenvalue weighted by Crippen LogP contribution is -2.29. The Morgan fingerprint density at radius 1 is 0.633 bits per heavy atom. The number of carbonyl (C=O) groups is 2. The van der Waals surface area contributed by atoms with E-state index in [1.54, 1.807) is 0 Å². The van der Waals surface area contributed by atoms with Crippen molar-refractivity contribution in [2.75, 3.05) is 26.4 Å². The van der Waals surface area contributed by atoms with Crippen LogP contribution in [-0.2, 0) is 32.7 Å². The Morgan fingerprint density at radius 2 is 1.12 bits per heavy atom. The van der Waals surface area contributed by atoms with Crippen LogP contribution in [0.1, 0.15) is 129 Å². The molecule has 0 saturated heterocycles. The van der Waals surface area contributed by atoms with Crippen molar-refractivity contribution < 1.29 is 37.6 Å². The molecule has 0 aliphatic rings. The SMILES string of the molecule is CC/C=C\C/C=C\C/C=C\C/C=C\C/C=C\C/C=C\CCC(=O)OC[C@H](COP(=O)(O)OCCN)OC(=O)CCCCCCCCCCC. The van der Waals surface area contributed by atoms with Gasteiger partial charge in [0, 0.05) is 19.4 Å². The van der Waals surface area contributed by atoms with E-state index in [1.807, 2.05) is 12.2 Å². The number of unbranched alkanes of at least 4 members (excludes halogenated alkanes) is 8. The quantitative estimate of drug-likeness (QED) is 0.0296. The van der Waals surface area contributed by atoms with Gasteiger partial charge in [-0.25, -0.2) is 4.57 Å². The molecule has 9 nitrogen and oxygen atoms in total. The molecule has 10 heteroatoms. The van der Waals surface area contributed by atoms with Crippen molar-refractivity contribution in [1.82, 2.24) is 0 Å². The fraction of sp³-hybridized carbons (Fsp3) is 0.641. The smallest absolute Gasteiger partial charge is 0.462 e. The number of carbonyl (C=O) groups excluding carboxylic acids is 2. The van der Waals surface area contributed by atoms with Gasteiger partial charge >= 0.3 is 19.8 Å². The fourth-order valence-corrected chi connectivity index (χ4v) is 5.19. The van der Waals surface area contributed by atoms with Gasteiger partial charge in [-0.1, -0.05) is 138 Å². The highest BCUT2D eigenvalue weighted by atomic mass is 31.2. The van der Waals surface area contributed by atoms with E-state index in [4.69, 9.17) is 24.3 Å². The summed E-state index contributed by atoms with van der Waals surface area (Å²) in [4.78, 5) is 34.6. The summed E-state index contributed by atoms with van der Waals surface area (Å²) in [6.07, 6.45) is 41.0. The second-order valence-electron chi connectivity index (χ2n) is 11.7. The highest BCUT2D eigenvalue weighted by Crippen LogP contribution is 2.43. The molecule has 0 rings (SSSR count). The van der Waals surface area contributed by atoms with Crippen LogP contribution in [0.3, 0.4) is 0 Å². The maximum absolute atomic E-state index is 12.4. The molecule has 0 fully saturated rings. The molecule has 0 bridgehead atoms. The van der Waals surface area contributed by atoms with Gasteiger partial charge in [0.15, 0.2) is 6.10 Å². The number of hydrogen-bond acceptors (Lipinski definition) is 8. The molecule has 0 heterocycles. The maximum Gasteiger partial charge on any atom is 0.472 e. The lowest BCUT2D eigenvalue weighted by atomic mass is 10.1. The summed E-state index contributed by atoms with van der Waals surface area (Å²) >= 11 is 0. The Morgan fingerprint density at radius 3 is 1.63 bits per heavy atom. The van der Waals surface area contributed by atoms with Crippen LogP contribution >= 0.6 is 7.82 Å². The molecular weight excluding hydrogens is 641 g/mol. The van der Waals surface area contributed by atoms with Crippen molar-refractivity contribution in [2.45, 2.75) is 136 Å². The summed E-state index contributed by atoms with van der Waals surface area (Å²) in [5.74, 6) is -0.938. The number of phosphoric acid groups is 1. The lowest BCUT2D eigenvalue weighted by molar-refractivity contribution is -0.161. The maximum atomic E-state index is 12.4. The van der Waals surface area contributed by atoms with Gasteiger partial charge < -0.3 is 20.1 Å². The zero-order valence-electron chi connectivity index (χ0n) is 30.4. The largest absolute Gasteiger partial charge is 0.472 e. The lowest BCUT2D eigenvalue weighted by Gasteiger charge is -2.19. The first-order valence-corrected chi connectivity index (χ1v) is 19.9. The number of nitrogens with two attached hydrogens (primary N) is 1. The average molecular weight is 708 g/mol. The van der Waals surface area contributed by atoms with E-state index in [1.165, 1.54) is 32.1 Å². The van der Waals surface area contributed by atoms with Gasteiger partial charge in [0.2, 0.25) is 0 Å². The second kappa shape index (κ2) is 35.3. The van der Waals surface area contributed by atoms with Crippen molar-refractivity contribution in [3.8, 4) is 0 Å². The minimum Gasteiger partial charge on any atom is -0.462 e. The van der Waals surface area contributed by atoms with Gasteiger partial charge in [-0.2, -0.15) is 0 Å². The molecule has 0 aromatic rings. The van der Waals surface area contributed by atoms with Crippen LogP contribution in [0.25, 0.3) is 0 Å². The van der Waals surface area contributed by atoms with E-state index in [-0.39, 0.29) is 32.6 Å². The minimum atomic E-state index is -4.38. The third-order valence-corrected chi connectivity index (χ3v) is 8.10. The Hall–Kier alpha value is -2.55. The van der Waals surface area contributed by atoms with Gasteiger partial charge in [-0.05, 0) is 51.4 Å². The van der Waals surface area contributed by atoms with E-state index in [0.29, 0.717) is 12.8 Å². The first kappa shape index (κ1) is 46.5. The van der Waals surface area contributed by atoms with Crippen molar-refractivity contribution in [1.29, 1.82) is 0 Å². The van der Waals surface area contributed by atoms with Crippen molar-refractivity contribution in [3.63, 3.8) is 0 Å². The molecule has 0 aromatic heterocycles. The molecule has 0 radical (unpaired) electrons. The van der Waals surface area contributed by atoms with Crippen molar-refractivity contribution >= 4 is 19.8 Å². The summed E-state index contributed by atoms with van der Waals surface area (Å²) < 4.78 is 32.5. The molecule has 49 heavy (non-hydrogen) atoms. The predicted octanol–water partition coefficient (Wildman–Crippen LogP) is 9.93. The normalized spacial score (nSPS) is 14.3. The van der Waals surface area contributed by atoms with Crippen LogP contribution in [-0.4, -0.2) is 49.3 Å². The van der Waals surface area contributed by atoms with E-state index in [9.17, 15) is 19.0 Å². The van der Waals surface area contributed by atoms with Gasteiger partial charge in [0.05, 0.1) is 13.2 Å². The van der Waals surface area contributed by atoms with E-state index in [2.05, 4.69) is 74.6 Å². The fourth-order valence-electron chi connectivity index (χ4n) is 4.42. The summed E-state index contributed by atoms with van der Waals surface area (Å²) in [5.41, 5.74) is 5.31. The van der Waals surface area contributed by atoms with E-state index in [0.717, 1.165) is 57.8 Å². The Balaban J connectivity index is 4.35. The minimum absolute atomic E-state index is 0.0411. The molecule has 0 spiro atoms. The zero-order chi connectivity index (χ0) is 36.1. The highest BCUT2D eigenvalue weighted by molar-refractivity contribution is 7.47. The van der Waals surface area contributed by atoms with Crippen LogP contribution in [0.4, 0.5) is 0 Å². The predicted molar refractivity (Wildman–Crippen MR) is 201 cm³/mol. The molecule has 3 N–H and O–H groups in total. The van der Waals surface area contributed by atoms with Gasteiger partial charge in [0.25, 0.3) is 0 Å². The summed E-state index contributed by atoms with van der Waals surface area (Å²) in [5, 5.41) is 0. The monoisotopic (exact) mass is 707 g/mol. The summed E-state index contributed by atoms with van der Waals surface area (Å²) in [6.45, 7) is 3.47. The van der Waals surface area contributed by atoms with Crippen LogP contribution in [0.15, 0.2) is 72.9 Å². The molecule has 2 atom stereocenters. The van der Waals surface area contributed by atoms with Crippen LogP contribution in [0.5, 0.6) is 0 Å². The number of allylic oxidation sites excluding steroid dienone is 12. The highest BCUT2D eigenvalue weighted by Gasteiger charge is 2.25. The van der Waals surface area contributed by atoms with Gasteiger partial charge in [-0.3, -0.25) is 18.6 Å². The first-order chi connectivity index (χ1) is 23.8. The first-order valence-electron chi connectivity index (χ1n) is 18.4. The average Bonchev–Trinajstić information content (AvgIpc) is 3.08. The Bertz CT molecular complexity index is 1030. The molecule has 0 aromatic carbocycles. The summed E-state index contributed by atoms with van der Waals surface area (Å²) in [6, 6.07) is 0. The molecule has 0 amide bonds. The van der Waals surface area contributed by atoms with Gasteiger partial charge in [-0.15, -0.1) is 0 Å². The molecule has 0 aliphatic carbocycles. The van der Waals surface area contributed by atoms with E-state index < -0.39 is 32.5 Å². The summed E-state index contributed by atoms with van der Waals surface area (Å²) in [7, 11) is -4.38. The van der Waals surface area contributed by atoms with Crippen LogP contribution in [0.2, 0.25) is 0 Å². The van der Waals surface area contributed by atoms with Crippen molar-refractivity contribution in [3.05, 3.63) is 72.9 Å². The molecule has 1 unspecified atom stereocenters. The molecule has 280 valence electrons. The Kier molecular flexibility index (Phi) is 33.4. The molecular formula is C39H66NO8P. The number of ether oxygens (including phenoxy) is 2. The molecule has 0 saturated carbocycles. The zero-order valence-corrected chi connectivity index (χ0v) is 31.3. The van der Waals surface area contributed by atoms with Crippen molar-refractivity contribution in [2.24, 2.45) is 5.73 Å². The Labute approximate surface area is 297 Å². The number of esters is 2. The second-order valence-corrected chi connectivity index (χ2v) is 13.2. The van der Waals surface area contributed by atoms with Crippen LogP contribution < -0.4 is 5.73 Å². The number of hydrogen-bond donors (Lipinski definition) is 2. The number of phosphoric ester groups is 1. The van der Waals surface area contributed by atoms with Crippen LogP contribution in [0, 0.1) is 0 Å². The third kappa shape index (κ3) is 35.1. The topological polar surface area (TPSA) is 134 Å². The third-order valence-electron chi connectivity index (χ3n) is 7.12. The standard InChI is InChI=1S/C39H66NO8P/c1-3-5-7-9-11-13-14-15-16-17-18-19-20-21-22-24-25-27-29-31-38(41)45-35-37(36-47-49(43,44)46-34-33-40)48-39(42)32-30-28-26-23-12-10-8-6-4-2/h5,7,11,13,15-16,18-19,21-22,25,27,37H,3-4,6,8-10,12,14,17,20,23-24,26,28-36,40H2,1-2H3,(H,43,44)/b7-5-,13-11-,16-15-,19-18-,22-21-,27-25-/t37-/m1/s1.